The third-order valence-electron chi connectivity index (χ3n) is 2.69. The third-order valence-corrected chi connectivity index (χ3v) is 2.69. The van der Waals surface area contributed by atoms with Crippen molar-refractivity contribution in [2.75, 3.05) is 33.7 Å². The number of amides is 1. The molecule has 1 amide bonds. The monoisotopic (exact) mass is 258 g/mol. The minimum absolute atomic E-state index is 0.143. The highest BCUT2D eigenvalue weighted by molar-refractivity contribution is 5.76. The van der Waals surface area contributed by atoms with Gasteiger partial charge in [-0.25, -0.2) is 0 Å². The molecule has 1 N–H and O–H groups in total. The topological polar surface area (TPSA) is 60.9 Å². The molecule has 0 saturated heterocycles. The van der Waals surface area contributed by atoms with Gasteiger partial charge in [-0.2, -0.15) is 0 Å². The van der Waals surface area contributed by atoms with Crippen molar-refractivity contribution in [3.05, 3.63) is 0 Å². The van der Waals surface area contributed by atoms with E-state index in [1.807, 2.05) is 19.0 Å². The largest absolute Gasteiger partial charge is 0.481 e. The lowest BCUT2D eigenvalue weighted by molar-refractivity contribution is -0.137. The van der Waals surface area contributed by atoms with Crippen LogP contribution in [0.1, 0.15) is 39.0 Å². The number of carboxylic acid groups (broad SMARTS) is 1. The molecule has 0 heterocycles. The summed E-state index contributed by atoms with van der Waals surface area (Å²) in [7, 11) is 3.98. The second-order valence-corrected chi connectivity index (χ2v) is 4.78. The van der Waals surface area contributed by atoms with Crippen LogP contribution in [0.3, 0.4) is 0 Å². The van der Waals surface area contributed by atoms with Gasteiger partial charge in [-0.15, -0.1) is 0 Å². The standard InChI is InChI=1S/C13H26N2O3/c1-4-9-15(11-10-14(2)3)12(16)7-5-6-8-13(17)18/h4-11H2,1-3H3,(H,17,18). The molecule has 0 aliphatic rings. The summed E-state index contributed by atoms with van der Waals surface area (Å²) in [6.07, 6.45) is 2.80. The molecule has 0 fully saturated rings. The van der Waals surface area contributed by atoms with Gasteiger partial charge in [0.2, 0.25) is 5.91 Å². The summed E-state index contributed by atoms with van der Waals surface area (Å²) >= 11 is 0. The number of rotatable bonds is 10. The lowest BCUT2D eigenvalue weighted by Gasteiger charge is -2.24. The van der Waals surface area contributed by atoms with Crippen LogP contribution >= 0.6 is 0 Å². The number of unbranched alkanes of at least 4 members (excludes halogenated alkanes) is 1. The Bertz CT molecular complexity index is 255. The van der Waals surface area contributed by atoms with E-state index in [4.69, 9.17) is 5.11 Å². The molecule has 0 atom stereocenters. The first-order valence-corrected chi connectivity index (χ1v) is 6.61. The fourth-order valence-corrected chi connectivity index (χ4v) is 1.66. The number of nitrogens with zero attached hydrogens (tertiary/aromatic N) is 2. The molecule has 0 aliphatic heterocycles. The highest BCUT2D eigenvalue weighted by atomic mass is 16.4. The van der Waals surface area contributed by atoms with Crippen molar-refractivity contribution in [2.45, 2.75) is 39.0 Å². The predicted molar refractivity (Wildman–Crippen MR) is 71.5 cm³/mol. The van der Waals surface area contributed by atoms with Crippen molar-refractivity contribution < 1.29 is 14.7 Å². The van der Waals surface area contributed by atoms with Gasteiger partial charge in [-0.05, 0) is 33.4 Å². The van der Waals surface area contributed by atoms with Gasteiger partial charge < -0.3 is 14.9 Å². The molecule has 0 aliphatic carbocycles. The normalized spacial score (nSPS) is 10.7. The lowest BCUT2D eigenvalue weighted by atomic mass is 10.2. The van der Waals surface area contributed by atoms with Crippen LogP contribution in [0.4, 0.5) is 0 Å². The van der Waals surface area contributed by atoms with E-state index < -0.39 is 5.97 Å². The van der Waals surface area contributed by atoms with Gasteiger partial charge in [-0.3, -0.25) is 9.59 Å². The maximum absolute atomic E-state index is 12.0. The molecule has 18 heavy (non-hydrogen) atoms. The molecular weight excluding hydrogens is 232 g/mol. The number of carbonyl (C=O) groups is 2. The number of carbonyl (C=O) groups excluding carboxylic acids is 1. The van der Waals surface area contributed by atoms with E-state index in [-0.39, 0.29) is 12.3 Å². The first-order chi connectivity index (χ1) is 8.47. The second-order valence-electron chi connectivity index (χ2n) is 4.78. The van der Waals surface area contributed by atoms with Gasteiger partial charge in [0.15, 0.2) is 0 Å². The fraction of sp³-hybridized carbons (Fsp3) is 0.846. The van der Waals surface area contributed by atoms with E-state index in [2.05, 4.69) is 11.8 Å². The Labute approximate surface area is 110 Å². The second kappa shape index (κ2) is 9.88. The quantitative estimate of drug-likeness (QED) is 0.602. The summed E-state index contributed by atoms with van der Waals surface area (Å²) in [4.78, 5) is 26.2. The number of likely N-dealkylation sites (N-methyl/N-ethyl adjacent to an activating group) is 1. The van der Waals surface area contributed by atoms with Crippen LogP contribution in [-0.4, -0.2) is 60.5 Å². The molecule has 106 valence electrons. The molecule has 0 aromatic carbocycles. The molecule has 0 saturated carbocycles. The van der Waals surface area contributed by atoms with Crippen molar-refractivity contribution in [1.82, 2.24) is 9.80 Å². The summed E-state index contributed by atoms with van der Waals surface area (Å²) < 4.78 is 0. The summed E-state index contributed by atoms with van der Waals surface area (Å²) in [5.41, 5.74) is 0. The predicted octanol–water partition coefficient (Wildman–Crippen LogP) is 1.43. The highest BCUT2D eigenvalue weighted by Crippen LogP contribution is 2.04. The molecule has 0 bridgehead atoms. The Kier molecular flexibility index (Phi) is 9.28. The first-order valence-electron chi connectivity index (χ1n) is 6.61. The number of aliphatic carboxylic acids is 1. The van der Waals surface area contributed by atoms with Crippen molar-refractivity contribution in [2.24, 2.45) is 0 Å². The van der Waals surface area contributed by atoms with Crippen LogP contribution in [-0.2, 0) is 9.59 Å². The van der Waals surface area contributed by atoms with Gasteiger partial charge in [0, 0.05) is 32.5 Å². The van der Waals surface area contributed by atoms with Crippen LogP contribution < -0.4 is 0 Å². The van der Waals surface area contributed by atoms with Gasteiger partial charge in [0.1, 0.15) is 0 Å². The van der Waals surface area contributed by atoms with E-state index in [1.165, 1.54) is 0 Å². The molecule has 5 nitrogen and oxygen atoms in total. The van der Waals surface area contributed by atoms with Crippen LogP contribution in [0.15, 0.2) is 0 Å². The molecule has 0 spiro atoms. The molecule has 0 rings (SSSR count). The van der Waals surface area contributed by atoms with E-state index >= 15 is 0 Å². The highest BCUT2D eigenvalue weighted by Gasteiger charge is 2.12. The summed E-state index contributed by atoms with van der Waals surface area (Å²) in [6, 6.07) is 0. The molecule has 0 radical (unpaired) electrons. The lowest BCUT2D eigenvalue weighted by Crippen LogP contribution is -2.37. The summed E-state index contributed by atoms with van der Waals surface area (Å²) in [5.74, 6) is -0.649. The maximum atomic E-state index is 12.0. The van der Waals surface area contributed by atoms with Gasteiger partial charge >= 0.3 is 5.97 Å². The number of hydrogen-bond acceptors (Lipinski definition) is 3. The number of hydrogen-bond donors (Lipinski definition) is 1. The van der Waals surface area contributed by atoms with Gasteiger partial charge in [0.25, 0.3) is 0 Å². The number of carboxylic acids is 1. The molecule has 0 aromatic rings. The van der Waals surface area contributed by atoms with Crippen LogP contribution in [0.25, 0.3) is 0 Å². The SMILES string of the molecule is CCCN(CCN(C)C)C(=O)CCCCC(=O)O. The summed E-state index contributed by atoms with van der Waals surface area (Å²) in [6.45, 7) is 4.45. The van der Waals surface area contributed by atoms with Gasteiger partial charge in [-0.1, -0.05) is 6.92 Å². The van der Waals surface area contributed by atoms with E-state index in [9.17, 15) is 9.59 Å². The van der Waals surface area contributed by atoms with Crippen molar-refractivity contribution in [1.29, 1.82) is 0 Å². The van der Waals surface area contributed by atoms with Crippen molar-refractivity contribution in [3.63, 3.8) is 0 Å². The Balaban J connectivity index is 3.93. The molecular formula is C13H26N2O3. The Hall–Kier alpha value is -1.10. The maximum Gasteiger partial charge on any atom is 0.303 e. The minimum atomic E-state index is -0.791. The minimum Gasteiger partial charge on any atom is -0.481 e. The van der Waals surface area contributed by atoms with E-state index in [0.29, 0.717) is 19.3 Å². The van der Waals surface area contributed by atoms with Crippen molar-refractivity contribution in [3.8, 4) is 0 Å². The summed E-state index contributed by atoms with van der Waals surface area (Å²) in [5, 5.41) is 8.52. The Morgan fingerprint density at radius 2 is 1.61 bits per heavy atom. The zero-order valence-electron chi connectivity index (χ0n) is 11.8. The zero-order chi connectivity index (χ0) is 14.0. The Morgan fingerprint density at radius 1 is 1.00 bits per heavy atom. The van der Waals surface area contributed by atoms with Crippen LogP contribution in [0.5, 0.6) is 0 Å². The van der Waals surface area contributed by atoms with E-state index in [1.54, 1.807) is 0 Å². The molecule has 0 unspecified atom stereocenters. The first kappa shape index (κ1) is 16.9. The molecule has 5 heteroatoms. The van der Waals surface area contributed by atoms with E-state index in [0.717, 1.165) is 26.1 Å². The fourth-order valence-electron chi connectivity index (χ4n) is 1.66. The zero-order valence-corrected chi connectivity index (χ0v) is 11.8. The van der Waals surface area contributed by atoms with Crippen LogP contribution in [0.2, 0.25) is 0 Å². The van der Waals surface area contributed by atoms with Gasteiger partial charge in [0.05, 0.1) is 0 Å². The average Bonchev–Trinajstić information content (AvgIpc) is 2.29. The molecule has 0 aromatic heterocycles. The van der Waals surface area contributed by atoms with Crippen LogP contribution in [0, 0.1) is 0 Å². The smallest absolute Gasteiger partial charge is 0.303 e. The average molecular weight is 258 g/mol. The van der Waals surface area contributed by atoms with Crippen molar-refractivity contribution >= 4 is 11.9 Å². The Morgan fingerprint density at radius 3 is 2.11 bits per heavy atom. The third kappa shape index (κ3) is 8.98.